The molecular weight excluding hydrogens is 412 g/mol. The van der Waals surface area contributed by atoms with Crippen LogP contribution in [0.25, 0.3) is 11.3 Å². The molecule has 2 saturated heterocycles. The quantitative estimate of drug-likeness (QED) is 0.588. The van der Waals surface area contributed by atoms with E-state index in [0.29, 0.717) is 0 Å². The molecule has 7 heteroatoms. The van der Waals surface area contributed by atoms with Gasteiger partial charge in [-0.3, -0.25) is 9.48 Å². The second-order valence-electron chi connectivity index (χ2n) is 9.36. The van der Waals surface area contributed by atoms with E-state index in [-0.39, 0.29) is 17.9 Å². The maximum Gasteiger partial charge on any atom is 0.230 e. The highest BCUT2D eigenvalue weighted by Crippen LogP contribution is 2.38. The molecule has 0 unspecified atom stereocenters. The van der Waals surface area contributed by atoms with Crippen LogP contribution in [0.2, 0.25) is 0 Å². The number of aromatic nitrogens is 4. The van der Waals surface area contributed by atoms with E-state index in [2.05, 4.69) is 41.1 Å². The molecule has 1 amide bonds. The van der Waals surface area contributed by atoms with E-state index in [4.69, 9.17) is 10.1 Å². The van der Waals surface area contributed by atoms with Gasteiger partial charge in [-0.25, -0.2) is 9.97 Å². The second kappa shape index (κ2) is 8.96. The Morgan fingerprint density at radius 1 is 1.06 bits per heavy atom. The molecule has 0 radical (unpaired) electrons. The van der Waals surface area contributed by atoms with Gasteiger partial charge in [0.2, 0.25) is 11.9 Å². The lowest BCUT2D eigenvalue weighted by Gasteiger charge is -2.27. The Bertz CT molecular complexity index is 1130. The van der Waals surface area contributed by atoms with Crippen LogP contribution in [0.1, 0.15) is 61.4 Å². The van der Waals surface area contributed by atoms with E-state index in [1.807, 2.05) is 42.0 Å². The Kier molecular flexibility index (Phi) is 5.87. The van der Waals surface area contributed by atoms with Crippen LogP contribution >= 0.6 is 0 Å². The monoisotopic (exact) mass is 444 g/mol. The molecular formula is C26H32N6O. The fourth-order valence-corrected chi connectivity index (χ4v) is 5.08. The number of aryl methyl sites for hydroxylation is 2. The average molecular weight is 445 g/mol. The van der Waals surface area contributed by atoms with Gasteiger partial charge < -0.3 is 9.80 Å². The first-order valence-corrected chi connectivity index (χ1v) is 12.0. The van der Waals surface area contributed by atoms with Crippen molar-refractivity contribution in [2.75, 3.05) is 24.5 Å². The van der Waals surface area contributed by atoms with Crippen molar-refractivity contribution < 1.29 is 4.79 Å². The van der Waals surface area contributed by atoms with Crippen molar-refractivity contribution in [2.45, 2.75) is 51.5 Å². The molecule has 7 nitrogen and oxygen atoms in total. The topological polar surface area (TPSA) is 67.2 Å². The zero-order chi connectivity index (χ0) is 22.9. The first-order chi connectivity index (χ1) is 16.0. The molecule has 1 aromatic carbocycles. The third-order valence-corrected chi connectivity index (χ3v) is 6.96. The van der Waals surface area contributed by atoms with E-state index in [1.54, 1.807) is 0 Å². The fourth-order valence-electron chi connectivity index (χ4n) is 5.08. The highest BCUT2D eigenvalue weighted by Gasteiger charge is 2.36. The normalized spacial score (nSPS) is 19.3. The van der Waals surface area contributed by atoms with Gasteiger partial charge in [-0.2, -0.15) is 5.10 Å². The average Bonchev–Trinajstić information content (AvgIpc) is 3.59. The standard InChI is InChI=1S/C26H32N6O/c1-18-8-10-20(11-9-18)19(2)25(33)32-16-6-7-23(32)24-21(17-30(3)29-24)22-12-13-27-26(28-22)31-14-4-5-15-31/h8-13,17,19,23H,4-7,14-16H2,1-3H3/t19-,23+/m0/s1. The third kappa shape index (κ3) is 4.24. The van der Waals surface area contributed by atoms with Gasteiger partial charge >= 0.3 is 0 Å². The number of likely N-dealkylation sites (tertiary alicyclic amines) is 1. The maximum absolute atomic E-state index is 13.6. The number of carbonyl (C=O) groups is 1. The minimum Gasteiger partial charge on any atom is -0.341 e. The molecule has 0 spiro atoms. The van der Waals surface area contributed by atoms with Crippen molar-refractivity contribution >= 4 is 11.9 Å². The molecule has 0 saturated carbocycles. The summed E-state index contributed by atoms with van der Waals surface area (Å²) in [5, 5.41) is 4.82. The lowest BCUT2D eigenvalue weighted by molar-refractivity contribution is -0.133. The molecule has 0 bridgehead atoms. The molecule has 0 N–H and O–H groups in total. The number of hydrogen-bond donors (Lipinski definition) is 0. The predicted molar refractivity (Wildman–Crippen MR) is 129 cm³/mol. The number of rotatable bonds is 5. The summed E-state index contributed by atoms with van der Waals surface area (Å²) in [7, 11) is 1.94. The van der Waals surface area contributed by atoms with Gasteiger partial charge in [0.1, 0.15) is 0 Å². The van der Waals surface area contributed by atoms with Crippen LogP contribution in [0.15, 0.2) is 42.7 Å². The van der Waals surface area contributed by atoms with E-state index >= 15 is 0 Å². The number of amides is 1. The van der Waals surface area contributed by atoms with Gasteiger partial charge in [0, 0.05) is 44.6 Å². The van der Waals surface area contributed by atoms with Crippen molar-refractivity contribution in [3.8, 4) is 11.3 Å². The van der Waals surface area contributed by atoms with Gasteiger partial charge in [-0.05, 0) is 51.2 Å². The summed E-state index contributed by atoms with van der Waals surface area (Å²) < 4.78 is 1.84. The molecule has 2 fully saturated rings. The van der Waals surface area contributed by atoms with Crippen LogP contribution in [0.5, 0.6) is 0 Å². The van der Waals surface area contributed by atoms with Crippen LogP contribution in [0.4, 0.5) is 5.95 Å². The summed E-state index contributed by atoms with van der Waals surface area (Å²) in [5.74, 6) is 0.768. The molecule has 2 aromatic heterocycles. The van der Waals surface area contributed by atoms with Crippen molar-refractivity contribution in [3.63, 3.8) is 0 Å². The molecule has 4 heterocycles. The fraction of sp³-hybridized carbons (Fsp3) is 0.462. The Labute approximate surface area is 195 Å². The number of anilines is 1. The van der Waals surface area contributed by atoms with Crippen LogP contribution in [-0.2, 0) is 11.8 Å². The summed E-state index contributed by atoms with van der Waals surface area (Å²) >= 11 is 0. The van der Waals surface area contributed by atoms with Crippen LogP contribution in [-0.4, -0.2) is 50.2 Å². The number of nitrogens with zero attached hydrogens (tertiary/aromatic N) is 6. The van der Waals surface area contributed by atoms with E-state index < -0.39 is 0 Å². The molecule has 3 aromatic rings. The van der Waals surface area contributed by atoms with E-state index in [9.17, 15) is 4.79 Å². The summed E-state index contributed by atoms with van der Waals surface area (Å²) in [6.45, 7) is 6.85. The molecule has 172 valence electrons. The largest absolute Gasteiger partial charge is 0.341 e. The zero-order valence-corrected chi connectivity index (χ0v) is 19.7. The summed E-state index contributed by atoms with van der Waals surface area (Å²) in [6.07, 6.45) is 8.13. The van der Waals surface area contributed by atoms with Crippen molar-refractivity contribution in [3.05, 3.63) is 59.5 Å². The van der Waals surface area contributed by atoms with E-state index in [1.165, 1.54) is 18.4 Å². The van der Waals surface area contributed by atoms with Crippen molar-refractivity contribution in [1.29, 1.82) is 0 Å². The molecule has 2 aliphatic rings. The lowest BCUT2D eigenvalue weighted by Crippen LogP contribution is -2.34. The molecule has 2 aliphatic heterocycles. The van der Waals surface area contributed by atoms with Gasteiger partial charge in [0.15, 0.2) is 0 Å². The van der Waals surface area contributed by atoms with E-state index in [0.717, 1.165) is 60.9 Å². The van der Waals surface area contributed by atoms with Crippen LogP contribution < -0.4 is 4.90 Å². The third-order valence-electron chi connectivity index (χ3n) is 6.96. The smallest absolute Gasteiger partial charge is 0.230 e. The first-order valence-electron chi connectivity index (χ1n) is 12.0. The lowest BCUT2D eigenvalue weighted by atomic mass is 9.97. The summed E-state index contributed by atoms with van der Waals surface area (Å²) in [4.78, 5) is 27.2. The van der Waals surface area contributed by atoms with Crippen LogP contribution in [0.3, 0.4) is 0 Å². The predicted octanol–water partition coefficient (Wildman–Crippen LogP) is 4.25. The summed E-state index contributed by atoms with van der Waals surface area (Å²) in [6, 6.07) is 10.2. The number of hydrogen-bond acceptors (Lipinski definition) is 5. The Hall–Kier alpha value is -3.22. The van der Waals surface area contributed by atoms with Gasteiger partial charge in [0.05, 0.1) is 23.3 Å². The molecule has 5 rings (SSSR count). The highest BCUT2D eigenvalue weighted by molar-refractivity contribution is 5.84. The second-order valence-corrected chi connectivity index (χ2v) is 9.36. The molecule has 2 atom stereocenters. The first kappa shape index (κ1) is 21.6. The number of benzene rings is 1. The summed E-state index contributed by atoms with van der Waals surface area (Å²) in [5.41, 5.74) is 5.07. The Morgan fingerprint density at radius 2 is 1.82 bits per heavy atom. The van der Waals surface area contributed by atoms with Gasteiger partial charge in [-0.15, -0.1) is 0 Å². The SMILES string of the molecule is Cc1ccc([C@H](C)C(=O)N2CCC[C@@H]2c2nn(C)cc2-c2ccnc(N3CCCC3)n2)cc1. The van der Waals surface area contributed by atoms with Gasteiger partial charge in [-0.1, -0.05) is 29.8 Å². The minimum absolute atomic E-state index is 0.0354. The number of carbonyl (C=O) groups excluding carboxylic acids is 1. The van der Waals surface area contributed by atoms with Crippen molar-refractivity contribution in [2.24, 2.45) is 7.05 Å². The zero-order valence-electron chi connectivity index (χ0n) is 19.7. The molecule has 0 aliphatic carbocycles. The Morgan fingerprint density at radius 3 is 2.58 bits per heavy atom. The van der Waals surface area contributed by atoms with Crippen molar-refractivity contribution in [1.82, 2.24) is 24.6 Å². The van der Waals surface area contributed by atoms with Crippen LogP contribution in [0, 0.1) is 6.92 Å². The minimum atomic E-state index is -0.181. The Balaban J connectivity index is 1.44. The maximum atomic E-state index is 13.6. The molecule has 33 heavy (non-hydrogen) atoms. The van der Waals surface area contributed by atoms with Gasteiger partial charge in [0.25, 0.3) is 0 Å². The highest BCUT2D eigenvalue weighted by atomic mass is 16.2.